The molecule has 0 N–H and O–H groups in total. The SMILES string of the molecule is CC(C)(C)SCC(CBr)c1ccccc1. The smallest absolute Gasteiger partial charge is 0.0108 e. The molecule has 0 bridgehead atoms. The maximum Gasteiger partial charge on any atom is 0.0108 e. The number of halogens is 1. The second kappa shape index (κ2) is 5.95. The van der Waals surface area contributed by atoms with Crippen molar-refractivity contribution < 1.29 is 0 Å². The lowest BCUT2D eigenvalue weighted by Crippen LogP contribution is -2.13. The summed E-state index contributed by atoms with van der Waals surface area (Å²) in [5, 5.41) is 1.04. The molecule has 0 aliphatic rings. The van der Waals surface area contributed by atoms with Gasteiger partial charge in [0.2, 0.25) is 0 Å². The molecule has 0 amide bonds. The highest BCUT2D eigenvalue weighted by Gasteiger charge is 2.16. The van der Waals surface area contributed by atoms with Crippen LogP contribution in [-0.4, -0.2) is 15.8 Å². The first-order valence-corrected chi connectivity index (χ1v) is 7.38. The summed E-state index contributed by atoms with van der Waals surface area (Å²) in [5.41, 5.74) is 1.44. The minimum Gasteiger partial charge on any atom is -0.155 e. The molecule has 1 rings (SSSR count). The fourth-order valence-electron chi connectivity index (χ4n) is 1.31. The summed E-state index contributed by atoms with van der Waals surface area (Å²) in [6.07, 6.45) is 0. The molecule has 84 valence electrons. The summed E-state index contributed by atoms with van der Waals surface area (Å²) in [6.45, 7) is 6.82. The van der Waals surface area contributed by atoms with Gasteiger partial charge in [-0.2, -0.15) is 11.8 Å². The van der Waals surface area contributed by atoms with Crippen LogP contribution in [0.25, 0.3) is 0 Å². The fourth-order valence-corrected chi connectivity index (χ4v) is 3.22. The van der Waals surface area contributed by atoms with E-state index in [1.54, 1.807) is 0 Å². The molecule has 15 heavy (non-hydrogen) atoms. The Hall–Kier alpha value is 0.0500. The van der Waals surface area contributed by atoms with Gasteiger partial charge in [0, 0.05) is 21.7 Å². The Bertz CT molecular complexity index is 276. The van der Waals surface area contributed by atoms with Crippen molar-refractivity contribution in [1.82, 2.24) is 0 Å². The van der Waals surface area contributed by atoms with Gasteiger partial charge in [0.1, 0.15) is 0 Å². The molecule has 1 atom stereocenters. The lowest BCUT2D eigenvalue weighted by molar-refractivity contribution is 0.792. The first-order valence-electron chi connectivity index (χ1n) is 5.28. The monoisotopic (exact) mass is 286 g/mol. The van der Waals surface area contributed by atoms with Gasteiger partial charge in [-0.05, 0) is 5.56 Å². The summed E-state index contributed by atoms with van der Waals surface area (Å²) in [7, 11) is 0. The van der Waals surface area contributed by atoms with E-state index in [1.807, 2.05) is 11.8 Å². The van der Waals surface area contributed by atoms with E-state index in [4.69, 9.17) is 0 Å². The first-order chi connectivity index (χ1) is 7.03. The molecule has 0 aliphatic heterocycles. The van der Waals surface area contributed by atoms with Crippen LogP contribution in [0.3, 0.4) is 0 Å². The third kappa shape index (κ3) is 5.07. The Balaban J connectivity index is 2.58. The van der Waals surface area contributed by atoms with Crippen molar-refractivity contribution in [3.8, 4) is 0 Å². The Morgan fingerprint density at radius 2 is 1.80 bits per heavy atom. The quantitative estimate of drug-likeness (QED) is 0.723. The molecule has 0 aromatic heterocycles. The van der Waals surface area contributed by atoms with Crippen molar-refractivity contribution in [3.63, 3.8) is 0 Å². The predicted molar refractivity (Wildman–Crippen MR) is 75.2 cm³/mol. The van der Waals surface area contributed by atoms with Crippen LogP contribution in [0.1, 0.15) is 32.3 Å². The second-order valence-corrected chi connectivity index (χ2v) is 7.18. The summed E-state index contributed by atoms with van der Waals surface area (Å²) in [5.74, 6) is 1.80. The topological polar surface area (TPSA) is 0 Å². The normalized spacial score (nSPS) is 13.9. The van der Waals surface area contributed by atoms with Crippen LogP contribution in [0.15, 0.2) is 30.3 Å². The molecule has 0 saturated carbocycles. The Morgan fingerprint density at radius 1 is 1.20 bits per heavy atom. The van der Waals surface area contributed by atoms with Gasteiger partial charge < -0.3 is 0 Å². The number of hydrogen-bond donors (Lipinski definition) is 0. The number of thioether (sulfide) groups is 1. The minimum absolute atomic E-state index is 0.356. The maximum atomic E-state index is 3.61. The van der Waals surface area contributed by atoms with Gasteiger partial charge in [0.15, 0.2) is 0 Å². The number of alkyl halides is 1. The maximum absolute atomic E-state index is 3.61. The van der Waals surface area contributed by atoms with Crippen LogP contribution in [0.2, 0.25) is 0 Å². The van der Waals surface area contributed by atoms with E-state index < -0.39 is 0 Å². The highest BCUT2D eigenvalue weighted by atomic mass is 79.9. The lowest BCUT2D eigenvalue weighted by Gasteiger charge is -2.22. The zero-order chi connectivity index (χ0) is 11.3. The number of rotatable bonds is 4. The summed E-state index contributed by atoms with van der Waals surface area (Å²) >= 11 is 5.64. The standard InChI is InChI=1S/C13H19BrS/c1-13(2,3)15-10-12(9-14)11-7-5-4-6-8-11/h4-8,12H,9-10H2,1-3H3. The first kappa shape index (κ1) is 13.1. The molecule has 0 aliphatic carbocycles. The van der Waals surface area contributed by atoms with E-state index >= 15 is 0 Å². The molecular formula is C13H19BrS. The van der Waals surface area contributed by atoms with Crippen LogP contribution in [0, 0.1) is 0 Å². The van der Waals surface area contributed by atoms with Crippen molar-refractivity contribution >= 4 is 27.7 Å². The van der Waals surface area contributed by atoms with Crippen molar-refractivity contribution in [2.75, 3.05) is 11.1 Å². The predicted octanol–water partition coefficient (Wildman–Crippen LogP) is 4.70. The van der Waals surface area contributed by atoms with Crippen LogP contribution in [0.4, 0.5) is 0 Å². The molecule has 2 heteroatoms. The van der Waals surface area contributed by atoms with E-state index in [9.17, 15) is 0 Å². The van der Waals surface area contributed by atoms with Gasteiger partial charge in [0.05, 0.1) is 0 Å². The van der Waals surface area contributed by atoms with E-state index in [2.05, 4.69) is 67.0 Å². The number of benzene rings is 1. The van der Waals surface area contributed by atoms with Crippen LogP contribution < -0.4 is 0 Å². The second-order valence-electron chi connectivity index (χ2n) is 4.69. The van der Waals surface area contributed by atoms with Crippen molar-refractivity contribution in [2.45, 2.75) is 31.4 Å². The number of hydrogen-bond acceptors (Lipinski definition) is 1. The van der Waals surface area contributed by atoms with E-state index in [1.165, 1.54) is 11.3 Å². The van der Waals surface area contributed by atoms with Crippen molar-refractivity contribution in [3.05, 3.63) is 35.9 Å². The van der Waals surface area contributed by atoms with Gasteiger partial charge in [-0.25, -0.2) is 0 Å². The molecule has 0 saturated heterocycles. The highest BCUT2D eigenvalue weighted by molar-refractivity contribution is 9.09. The molecular weight excluding hydrogens is 268 g/mol. The van der Waals surface area contributed by atoms with Crippen LogP contribution >= 0.6 is 27.7 Å². The van der Waals surface area contributed by atoms with E-state index in [0.29, 0.717) is 10.7 Å². The van der Waals surface area contributed by atoms with Crippen molar-refractivity contribution in [1.29, 1.82) is 0 Å². The molecule has 1 unspecified atom stereocenters. The fraction of sp³-hybridized carbons (Fsp3) is 0.538. The Labute approximate surface area is 106 Å². The molecule has 0 nitrogen and oxygen atoms in total. The van der Waals surface area contributed by atoms with Crippen LogP contribution in [-0.2, 0) is 0 Å². The van der Waals surface area contributed by atoms with Gasteiger partial charge >= 0.3 is 0 Å². The van der Waals surface area contributed by atoms with Gasteiger partial charge in [-0.3, -0.25) is 0 Å². The van der Waals surface area contributed by atoms with Gasteiger partial charge in [-0.15, -0.1) is 0 Å². The molecule has 0 fully saturated rings. The largest absolute Gasteiger partial charge is 0.155 e. The average Bonchev–Trinajstić information content (AvgIpc) is 2.19. The van der Waals surface area contributed by atoms with Gasteiger partial charge in [0.25, 0.3) is 0 Å². The molecule has 0 heterocycles. The summed E-state index contributed by atoms with van der Waals surface area (Å²) < 4.78 is 0.356. The zero-order valence-corrected chi connectivity index (χ0v) is 12.1. The third-order valence-electron chi connectivity index (χ3n) is 2.17. The van der Waals surface area contributed by atoms with E-state index in [0.717, 1.165) is 5.33 Å². The zero-order valence-electron chi connectivity index (χ0n) is 9.66. The molecule has 1 aromatic rings. The lowest BCUT2D eigenvalue weighted by atomic mass is 10.0. The molecule has 1 aromatic carbocycles. The van der Waals surface area contributed by atoms with Gasteiger partial charge in [-0.1, -0.05) is 67.0 Å². The van der Waals surface area contributed by atoms with E-state index in [-0.39, 0.29) is 0 Å². The Morgan fingerprint density at radius 3 is 2.27 bits per heavy atom. The Kier molecular flexibility index (Phi) is 5.20. The minimum atomic E-state index is 0.356. The summed E-state index contributed by atoms with van der Waals surface area (Å²) in [4.78, 5) is 0. The van der Waals surface area contributed by atoms with Crippen molar-refractivity contribution in [2.24, 2.45) is 0 Å². The highest BCUT2D eigenvalue weighted by Crippen LogP contribution is 2.30. The van der Waals surface area contributed by atoms with Crippen LogP contribution in [0.5, 0.6) is 0 Å². The average molecular weight is 287 g/mol. The molecule has 0 radical (unpaired) electrons. The molecule has 0 spiro atoms. The summed E-state index contributed by atoms with van der Waals surface area (Å²) in [6, 6.07) is 10.7. The third-order valence-corrected chi connectivity index (χ3v) is 4.39.